The Morgan fingerprint density at radius 1 is 1.19 bits per heavy atom. The van der Waals surface area contributed by atoms with Crippen molar-refractivity contribution < 1.29 is 4.74 Å². The van der Waals surface area contributed by atoms with E-state index in [0.29, 0.717) is 17.5 Å². The highest BCUT2D eigenvalue weighted by Crippen LogP contribution is 2.27. The number of benzene rings is 1. The van der Waals surface area contributed by atoms with Gasteiger partial charge >= 0.3 is 0 Å². The minimum Gasteiger partial charge on any atom is -0.436 e. The van der Waals surface area contributed by atoms with Gasteiger partial charge in [-0.2, -0.15) is 0 Å². The minimum absolute atomic E-state index is 0.350. The lowest BCUT2D eigenvalue weighted by molar-refractivity contribution is 0.457. The number of aromatic nitrogens is 2. The molecule has 5 heteroatoms. The molecular weight excluding hydrogens is 291 g/mol. The van der Waals surface area contributed by atoms with E-state index in [1.807, 2.05) is 24.3 Å². The molecule has 0 saturated heterocycles. The van der Waals surface area contributed by atoms with Gasteiger partial charge in [-0.1, -0.05) is 12.1 Å². The normalized spacial score (nSPS) is 10.1. The summed E-state index contributed by atoms with van der Waals surface area (Å²) >= 11 is 9.00. The molecule has 82 valence electrons. The zero-order valence-corrected chi connectivity index (χ0v) is 10.6. The topological polar surface area (TPSA) is 35.0 Å². The van der Waals surface area contributed by atoms with Crippen LogP contribution in [0, 0.1) is 0 Å². The first kappa shape index (κ1) is 11.4. The third-order valence-electron chi connectivity index (χ3n) is 1.87. The van der Waals surface area contributed by atoms with Gasteiger partial charge in [-0.25, -0.2) is 4.98 Å². The maximum absolute atomic E-state index is 5.61. The fraction of sp³-hybridized carbons (Fsp3) is 0.0909. The number of nitrogens with zero attached hydrogens (tertiary/aromatic N) is 2. The highest BCUT2D eigenvalue weighted by molar-refractivity contribution is 9.10. The fourth-order valence-electron chi connectivity index (χ4n) is 1.10. The summed E-state index contributed by atoms with van der Waals surface area (Å²) in [7, 11) is 0. The highest BCUT2D eigenvalue weighted by Gasteiger charge is 2.03. The van der Waals surface area contributed by atoms with Gasteiger partial charge in [0.2, 0.25) is 5.88 Å². The molecule has 0 bridgehead atoms. The first-order chi connectivity index (χ1) is 7.79. The van der Waals surface area contributed by atoms with Crippen LogP contribution in [0.25, 0.3) is 0 Å². The lowest BCUT2D eigenvalue weighted by Crippen LogP contribution is -1.92. The third-order valence-corrected chi connectivity index (χ3v) is 2.80. The van der Waals surface area contributed by atoms with Gasteiger partial charge in [0.25, 0.3) is 0 Å². The van der Waals surface area contributed by atoms with Gasteiger partial charge in [-0.3, -0.25) is 4.98 Å². The summed E-state index contributed by atoms with van der Waals surface area (Å²) in [6.45, 7) is 0. The Morgan fingerprint density at radius 3 is 2.62 bits per heavy atom. The van der Waals surface area contributed by atoms with Crippen LogP contribution in [0.2, 0.25) is 0 Å². The molecule has 0 aliphatic rings. The van der Waals surface area contributed by atoms with Gasteiger partial charge < -0.3 is 4.74 Å². The van der Waals surface area contributed by atoms with E-state index in [9.17, 15) is 0 Å². The molecule has 0 amide bonds. The number of hydrogen-bond acceptors (Lipinski definition) is 3. The summed E-state index contributed by atoms with van der Waals surface area (Å²) in [6.07, 6.45) is 3.15. The molecule has 1 aromatic carbocycles. The van der Waals surface area contributed by atoms with Crippen molar-refractivity contribution in [3.8, 4) is 11.6 Å². The van der Waals surface area contributed by atoms with E-state index in [0.717, 1.165) is 10.2 Å². The van der Waals surface area contributed by atoms with E-state index in [1.165, 1.54) is 0 Å². The lowest BCUT2D eigenvalue weighted by Gasteiger charge is -2.05. The third kappa shape index (κ3) is 2.71. The molecule has 3 nitrogen and oxygen atoms in total. The van der Waals surface area contributed by atoms with E-state index < -0.39 is 0 Å². The summed E-state index contributed by atoms with van der Waals surface area (Å²) in [6, 6.07) is 7.55. The van der Waals surface area contributed by atoms with E-state index in [1.54, 1.807) is 12.4 Å². The van der Waals surface area contributed by atoms with Crippen LogP contribution in [0.1, 0.15) is 5.69 Å². The first-order valence-corrected chi connectivity index (χ1v) is 5.91. The van der Waals surface area contributed by atoms with Crippen molar-refractivity contribution in [1.29, 1.82) is 0 Å². The maximum Gasteiger partial charge on any atom is 0.237 e. The fourth-order valence-corrected chi connectivity index (χ4v) is 1.61. The molecule has 0 aliphatic carbocycles. The molecule has 0 unspecified atom stereocenters. The standard InChI is InChI=1S/C11H8BrClN2O/c12-9-3-1-2-4-10(9)16-11-7-14-8(5-13)6-15-11/h1-4,6-7H,5H2. The molecule has 0 N–H and O–H groups in total. The summed E-state index contributed by atoms with van der Waals surface area (Å²) in [5, 5.41) is 0. The van der Waals surface area contributed by atoms with E-state index in [2.05, 4.69) is 25.9 Å². The zero-order chi connectivity index (χ0) is 11.4. The van der Waals surface area contributed by atoms with Crippen LogP contribution in [0.3, 0.4) is 0 Å². The smallest absolute Gasteiger partial charge is 0.237 e. The number of alkyl halides is 1. The van der Waals surface area contributed by atoms with Crippen molar-refractivity contribution in [1.82, 2.24) is 9.97 Å². The van der Waals surface area contributed by atoms with E-state index in [-0.39, 0.29) is 0 Å². The highest BCUT2D eigenvalue weighted by atomic mass is 79.9. The molecule has 0 radical (unpaired) electrons. The Kier molecular flexibility index (Phi) is 3.74. The monoisotopic (exact) mass is 298 g/mol. The largest absolute Gasteiger partial charge is 0.436 e. The SMILES string of the molecule is ClCc1cnc(Oc2ccccc2Br)cn1. The summed E-state index contributed by atoms with van der Waals surface area (Å²) < 4.78 is 6.42. The van der Waals surface area contributed by atoms with Crippen LogP contribution in [-0.4, -0.2) is 9.97 Å². The van der Waals surface area contributed by atoms with Crippen LogP contribution in [0.15, 0.2) is 41.1 Å². The number of rotatable bonds is 3. The van der Waals surface area contributed by atoms with Gasteiger partial charge in [0.05, 0.1) is 28.4 Å². The van der Waals surface area contributed by atoms with Gasteiger partial charge in [0.1, 0.15) is 5.75 Å². The molecule has 0 spiro atoms. The predicted molar refractivity (Wildman–Crippen MR) is 65.8 cm³/mol. The average Bonchev–Trinajstić information content (AvgIpc) is 2.33. The Labute approximate surface area is 107 Å². The first-order valence-electron chi connectivity index (χ1n) is 4.59. The number of para-hydroxylation sites is 1. The molecular formula is C11H8BrClN2O. The van der Waals surface area contributed by atoms with Crippen molar-refractivity contribution in [2.75, 3.05) is 0 Å². The van der Waals surface area contributed by atoms with Gasteiger partial charge in [0, 0.05) is 0 Å². The Bertz CT molecular complexity index is 476. The number of halogens is 2. The Morgan fingerprint density at radius 2 is 2.00 bits per heavy atom. The summed E-state index contributed by atoms with van der Waals surface area (Å²) in [5.74, 6) is 1.50. The van der Waals surface area contributed by atoms with Crippen LogP contribution >= 0.6 is 27.5 Å². The zero-order valence-electron chi connectivity index (χ0n) is 8.23. The molecule has 0 atom stereocenters. The quantitative estimate of drug-likeness (QED) is 0.809. The van der Waals surface area contributed by atoms with E-state index in [4.69, 9.17) is 16.3 Å². The van der Waals surface area contributed by atoms with Crippen LogP contribution in [0.4, 0.5) is 0 Å². The van der Waals surface area contributed by atoms with Crippen LogP contribution < -0.4 is 4.74 Å². The molecule has 0 fully saturated rings. The molecule has 0 saturated carbocycles. The molecule has 0 aliphatic heterocycles. The molecule has 16 heavy (non-hydrogen) atoms. The molecule has 2 aromatic rings. The van der Waals surface area contributed by atoms with E-state index >= 15 is 0 Å². The maximum atomic E-state index is 5.61. The van der Waals surface area contributed by atoms with Gasteiger partial charge in [0.15, 0.2) is 0 Å². The number of ether oxygens (including phenoxy) is 1. The second-order valence-electron chi connectivity index (χ2n) is 3.01. The Balaban J connectivity index is 2.18. The van der Waals surface area contributed by atoms with Crippen molar-refractivity contribution in [3.05, 3.63) is 46.8 Å². The summed E-state index contributed by atoms with van der Waals surface area (Å²) in [5.41, 5.74) is 0.723. The Hall–Kier alpha value is -1.13. The molecule has 1 heterocycles. The van der Waals surface area contributed by atoms with Crippen molar-refractivity contribution in [2.45, 2.75) is 5.88 Å². The molecule has 2 rings (SSSR count). The second-order valence-corrected chi connectivity index (χ2v) is 4.13. The van der Waals surface area contributed by atoms with Crippen LogP contribution in [-0.2, 0) is 5.88 Å². The van der Waals surface area contributed by atoms with Crippen molar-refractivity contribution in [3.63, 3.8) is 0 Å². The van der Waals surface area contributed by atoms with Crippen molar-refractivity contribution >= 4 is 27.5 Å². The average molecular weight is 300 g/mol. The summed E-state index contributed by atoms with van der Waals surface area (Å²) in [4.78, 5) is 8.18. The number of hydrogen-bond donors (Lipinski definition) is 0. The predicted octanol–water partition coefficient (Wildman–Crippen LogP) is 3.77. The lowest BCUT2D eigenvalue weighted by atomic mass is 10.3. The van der Waals surface area contributed by atoms with Crippen molar-refractivity contribution in [2.24, 2.45) is 0 Å². The minimum atomic E-state index is 0.350. The van der Waals surface area contributed by atoms with Gasteiger partial charge in [-0.05, 0) is 28.1 Å². The molecule has 1 aromatic heterocycles. The van der Waals surface area contributed by atoms with Gasteiger partial charge in [-0.15, -0.1) is 11.6 Å². The van der Waals surface area contributed by atoms with Crippen LogP contribution in [0.5, 0.6) is 11.6 Å². The second kappa shape index (κ2) is 5.27.